The predicted molar refractivity (Wildman–Crippen MR) is 141 cm³/mol. The van der Waals surface area contributed by atoms with Crippen molar-refractivity contribution in [1.82, 2.24) is 0 Å². The molecule has 1 atom stereocenters. The molecule has 1 spiro atoms. The lowest BCUT2D eigenvalue weighted by molar-refractivity contribution is -0.138. The number of carbonyl (C=O) groups excluding carboxylic acids is 3. The topological polar surface area (TPSA) is 102 Å². The van der Waals surface area contributed by atoms with Gasteiger partial charge in [-0.1, -0.05) is 47.4 Å². The summed E-state index contributed by atoms with van der Waals surface area (Å²) in [5, 5.41) is 3.39. The summed E-state index contributed by atoms with van der Waals surface area (Å²) in [5.74, 6) is -1.50. The molecule has 3 aliphatic rings. The zero-order valence-electron chi connectivity index (χ0n) is 20.3. The van der Waals surface area contributed by atoms with E-state index in [0.29, 0.717) is 38.6 Å². The first-order valence-electron chi connectivity index (χ1n) is 11.5. The number of fused-ring (bicyclic) bond motifs is 3. The zero-order valence-corrected chi connectivity index (χ0v) is 22.6. The van der Waals surface area contributed by atoms with Crippen LogP contribution in [-0.4, -0.2) is 24.8 Å². The van der Waals surface area contributed by atoms with Gasteiger partial charge in [0.1, 0.15) is 16.8 Å². The fraction of sp³-hybridized carbons (Fsp3) is 0.296. The van der Waals surface area contributed by atoms with Crippen molar-refractivity contribution in [3.63, 3.8) is 0 Å². The molecule has 0 fully saturated rings. The third-order valence-corrected chi connectivity index (χ3v) is 8.05. The molecule has 1 amide bonds. The van der Waals surface area contributed by atoms with E-state index in [1.165, 1.54) is 7.11 Å². The van der Waals surface area contributed by atoms with Crippen LogP contribution in [0.4, 0.5) is 11.4 Å². The molecule has 1 unspecified atom stereocenters. The van der Waals surface area contributed by atoms with Crippen LogP contribution in [0.15, 0.2) is 63.5 Å². The molecule has 2 heterocycles. The highest BCUT2D eigenvalue weighted by atomic mass is 79.9. The molecule has 2 aliphatic heterocycles. The maximum Gasteiger partial charge on any atom is 0.339 e. The number of hydrogen-bond acceptors (Lipinski definition) is 6. The van der Waals surface area contributed by atoms with Crippen molar-refractivity contribution in [3.8, 4) is 0 Å². The lowest BCUT2D eigenvalue weighted by Gasteiger charge is -2.47. The van der Waals surface area contributed by atoms with Crippen LogP contribution in [-0.2, 0) is 24.5 Å². The summed E-state index contributed by atoms with van der Waals surface area (Å²) in [6.07, 6.45) is 0.661. The van der Waals surface area contributed by atoms with E-state index in [0.717, 1.165) is 5.56 Å². The average Bonchev–Trinajstić information content (AvgIpc) is 3.06. The van der Waals surface area contributed by atoms with Crippen LogP contribution in [0, 0.1) is 12.3 Å². The van der Waals surface area contributed by atoms with Gasteiger partial charge in [-0.2, -0.15) is 0 Å². The number of benzene rings is 2. The van der Waals surface area contributed by atoms with E-state index >= 15 is 0 Å². The van der Waals surface area contributed by atoms with Gasteiger partial charge in [0.15, 0.2) is 5.78 Å². The van der Waals surface area contributed by atoms with Crippen molar-refractivity contribution in [2.45, 2.75) is 39.0 Å². The Bertz CT molecular complexity index is 1440. The van der Waals surface area contributed by atoms with Crippen LogP contribution in [0.1, 0.15) is 37.8 Å². The Morgan fingerprint density at radius 3 is 2.56 bits per heavy atom. The van der Waals surface area contributed by atoms with Crippen molar-refractivity contribution < 1.29 is 19.1 Å². The number of nitrogens with zero attached hydrogens (tertiary/aromatic N) is 1. The monoisotopic (exact) mass is 569 g/mol. The average molecular weight is 571 g/mol. The number of carbonyl (C=O) groups is 3. The van der Waals surface area contributed by atoms with Crippen LogP contribution in [0.3, 0.4) is 0 Å². The molecule has 0 bridgehead atoms. The zero-order chi connectivity index (χ0) is 26.2. The molecule has 0 radical (unpaired) electrons. The summed E-state index contributed by atoms with van der Waals surface area (Å²) >= 11 is 9.95. The van der Waals surface area contributed by atoms with Gasteiger partial charge in [-0.15, -0.1) is 0 Å². The minimum atomic E-state index is -1.75. The summed E-state index contributed by atoms with van der Waals surface area (Å²) in [7, 11) is 1.23. The van der Waals surface area contributed by atoms with Gasteiger partial charge >= 0.3 is 5.97 Å². The Kier molecular flexibility index (Phi) is 5.61. The van der Waals surface area contributed by atoms with E-state index < -0.39 is 22.7 Å². The van der Waals surface area contributed by atoms with Gasteiger partial charge in [-0.05, 0) is 54.7 Å². The second-order valence-electron chi connectivity index (χ2n) is 10.2. The normalized spacial score (nSPS) is 22.6. The maximum atomic E-state index is 14.0. The number of methoxy groups -OCH3 is 1. The SMILES string of the molecule is COC(=O)C1=C(N)N(c2ccc(C)c(Cl)c2)C2=C(C(=O)CC(C)(C)C2)C12C(=O)Nc1ccc(Br)cc12. The summed E-state index contributed by atoms with van der Waals surface area (Å²) in [5.41, 5.74) is 7.81. The molecule has 2 aromatic carbocycles. The van der Waals surface area contributed by atoms with Crippen LogP contribution in [0.25, 0.3) is 0 Å². The molecular formula is C27H25BrClN3O4. The number of rotatable bonds is 2. The van der Waals surface area contributed by atoms with Crippen LogP contribution < -0.4 is 16.0 Å². The number of allylic oxidation sites excluding steroid dienone is 1. The van der Waals surface area contributed by atoms with Gasteiger partial charge < -0.3 is 15.8 Å². The van der Waals surface area contributed by atoms with E-state index in [1.54, 1.807) is 29.2 Å². The van der Waals surface area contributed by atoms with Gasteiger partial charge in [0.05, 0.1) is 7.11 Å². The molecule has 7 nitrogen and oxygen atoms in total. The van der Waals surface area contributed by atoms with E-state index in [2.05, 4.69) is 21.2 Å². The summed E-state index contributed by atoms with van der Waals surface area (Å²) < 4.78 is 5.86. The Balaban J connectivity index is 1.94. The number of nitrogens with one attached hydrogen (secondary N) is 1. The van der Waals surface area contributed by atoms with E-state index in [9.17, 15) is 14.4 Å². The number of ether oxygens (including phenoxy) is 1. The molecule has 0 aromatic heterocycles. The van der Waals surface area contributed by atoms with Crippen LogP contribution in [0.2, 0.25) is 5.02 Å². The number of amides is 1. The molecule has 1 aliphatic carbocycles. The van der Waals surface area contributed by atoms with Crippen molar-refractivity contribution in [2.24, 2.45) is 11.1 Å². The predicted octanol–water partition coefficient (Wildman–Crippen LogP) is 5.11. The largest absolute Gasteiger partial charge is 0.466 e. The number of esters is 1. The second-order valence-corrected chi connectivity index (χ2v) is 11.5. The molecule has 9 heteroatoms. The Morgan fingerprint density at radius 2 is 1.89 bits per heavy atom. The summed E-state index contributed by atoms with van der Waals surface area (Å²) in [6.45, 7) is 5.87. The van der Waals surface area contributed by atoms with Crippen molar-refractivity contribution in [2.75, 3.05) is 17.3 Å². The molecule has 36 heavy (non-hydrogen) atoms. The van der Waals surface area contributed by atoms with Crippen molar-refractivity contribution in [3.05, 3.63) is 79.7 Å². The Labute approximate surface area is 222 Å². The van der Waals surface area contributed by atoms with Crippen molar-refractivity contribution in [1.29, 1.82) is 0 Å². The van der Waals surface area contributed by atoms with Crippen molar-refractivity contribution >= 4 is 56.6 Å². The fourth-order valence-corrected chi connectivity index (χ4v) is 6.16. The number of ketones is 1. The first kappa shape index (κ1) is 24.6. The number of halogens is 2. The number of hydrogen-bond donors (Lipinski definition) is 2. The van der Waals surface area contributed by atoms with Gasteiger partial charge in [0.25, 0.3) is 0 Å². The van der Waals surface area contributed by atoms with Crippen LogP contribution in [0.5, 0.6) is 0 Å². The lowest BCUT2D eigenvalue weighted by atomic mass is 9.60. The maximum absolute atomic E-state index is 14.0. The summed E-state index contributed by atoms with van der Waals surface area (Å²) in [4.78, 5) is 43.1. The standard InChI is InChI=1S/C27H25BrClN3O4/c1-13-5-7-15(10-17(13)29)32-19-11-26(2,3)12-20(33)21(19)27(22(23(32)30)24(34)36-4)16-9-14(28)6-8-18(16)31-25(27)35/h5-10H,11-12,30H2,1-4H3,(H,31,35). The van der Waals surface area contributed by atoms with Gasteiger partial charge in [0, 0.05) is 44.1 Å². The number of Topliss-reactive ketones (excluding diaryl/α,β-unsaturated/α-hetero) is 1. The minimum Gasteiger partial charge on any atom is -0.466 e. The minimum absolute atomic E-state index is 0.0222. The Hall–Kier alpha value is -3.10. The summed E-state index contributed by atoms with van der Waals surface area (Å²) in [6, 6.07) is 10.7. The lowest BCUT2D eigenvalue weighted by Crippen LogP contribution is -2.54. The molecule has 3 N–H and O–H groups in total. The first-order valence-corrected chi connectivity index (χ1v) is 12.6. The Morgan fingerprint density at radius 1 is 1.17 bits per heavy atom. The molecule has 0 saturated carbocycles. The van der Waals surface area contributed by atoms with Gasteiger partial charge in [-0.25, -0.2) is 4.79 Å². The smallest absolute Gasteiger partial charge is 0.339 e. The highest BCUT2D eigenvalue weighted by Crippen LogP contribution is 2.57. The highest BCUT2D eigenvalue weighted by Gasteiger charge is 2.63. The third kappa shape index (κ3) is 3.34. The van der Waals surface area contributed by atoms with Gasteiger partial charge in [0.2, 0.25) is 5.91 Å². The number of aryl methyl sites for hydroxylation is 1. The molecular weight excluding hydrogens is 546 g/mol. The highest BCUT2D eigenvalue weighted by molar-refractivity contribution is 9.10. The molecule has 0 saturated heterocycles. The van der Waals surface area contributed by atoms with E-state index in [1.807, 2.05) is 32.9 Å². The second kappa shape index (κ2) is 8.21. The molecule has 5 rings (SSSR count). The van der Waals surface area contributed by atoms with E-state index in [4.69, 9.17) is 22.1 Å². The molecule has 2 aromatic rings. The third-order valence-electron chi connectivity index (χ3n) is 7.15. The number of anilines is 2. The van der Waals surface area contributed by atoms with Gasteiger partial charge in [-0.3, -0.25) is 14.5 Å². The fourth-order valence-electron chi connectivity index (χ4n) is 5.62. The quantitative estimate of drug-likeness (QED) is 0.487. The van der Waals surface area contributed by atoms with Crippen LogP contribution >= 0.6 is 27.5 Å². The number of nitrogens with two attached hydrogens (primary N) is 1. The first-order chi connectivity index (χ1) is 16.9. The van der Waals surface area contributed by atoms with E-state index in [-0.39, 0.29) is 29.2 Å². The molecule has 186 valence electrons.